The molecule has 3 aliphatic carbocycles. The summed E-state index contributed by atoms with van der Waals surface area (Å²) in [7, 11) is 0. The van der Waals surface area contributed by atoms with Crippen LogP contribution in [0.5, 0.6) is 0 Å². The molecule has 1 aromatic heterocycles. The summed E-state index contributed by atoms with van der Waals surface area (Å²) >= 11 is 0. The number of hydrogen-bond donors (Lipinski definition) is 1. The highest BCUT2D eigenvalue weighted by atomic mass is 16.4. The highest BCUT2D eigenvalue weighted by Gasteiger charge is 2.42. The molecular formula is C28H26N2O3. The molecule has 3 aromatic carbocycles. The van der Waals surface area contributed by atoms with Crippen molar-refractivity contribution in [2.45, 2.75) is 37.6 Å². The molecule has 1 heterocycles. The fraction of sp³-hybridized carbons (Fsp3) is 0.286. The first-order valence-corrected chi connectivity index (χ1v) is 11.7. The zero-order valence-electron chi connectivity index (χ0n) is 18.4. The molecule has 166 valence electrons. The van der Waals surface area contributed by atoms with Crippen molar-refractivity contribution in [2.75, 3.05) is 6.54 Å². The van der Waals surface area contributed by atoms with Gasteiger partial charge in [-0.25, -0.2) is 4.79 Å². The van der Waals surface area contributed by atoms with Crippen molar-refractivity contribution in [2.24, 2.45) is 5.92 Å². The van der Waals surface area contributed by atoms with Gasteiger partial charge >= 0.3 is 5.76 Å². The predicted molar refractivity (Wildman–Crippen MR) is 127 cm³/mol. The fourth-order valence-electron chi connectivity index (χ4n) is 5.92. The highest BCUT2D eigenvalue weighted by molar-refractivity contribution is 5.76. The summed E-state index contributed by atoms with van der Waals surface area (Å²) in [5.41, 5.74) is 7.08. The average Bonchev–Trinajstić information content (AvgIpc) is 3.18. The normalized spacial score (nSPS) is 20.4. The van der Waals surface area contributed by atoms with E-state index in [1.54, 1.807) is 10.6 Å². The molecule has 0 aliphatic heterocycles. The number of benzene rings is 3. The Morgan fingerprint density at radius 2 is 1.55 bits per heavy atom. The van der Waals surface area contributed by atoms with Gasteiger partial charge in [-0.1, -0.05) is 60.7 Å². The number of aromatic nitrogens is 1. The van der Waals surface area contributed by atoms with Gasteiger partial charge < -0.3 is 9.73 Å². The maximum absolute atomic E-state index is 12.6. The maximum atomic E-state index is 12.6. The van der Waals surface area contributed by atoms with Crippen LogP contribution in [0.1, 0.15) is 53.4 Å². The molecule has 7 rings (SSSR count). The maximum Gasteiger partial charge on any atom is 0.419 e. The largest absolute Gasteiger partial charge is 0.419 e. The number of para-hydroxylation sites is 2. The molecule has 3 aliphatic rings. The second-order valence-corrected chi connectivity index (χ2v) is 9.18. The minimum atomic E-state index is -0.368. The van der Waals surface area contributed by atoms with Crippen LogP contribution in [0.2, 0.25) is 0 Å². The predicted octanol–water partition coefficient (Wildman–Crippen LogP) is 4.79. The van der Waals surface area contributed by atoms with Crippen molar-refractivity contribution < 1.29 is 9.21 Å². The molecule has 0 fully saturated rings. The van der Waals surface area contributed by atoms with Crippen molar-refractivity contribution in [3.05, 3.63) is 106 Å². The van der Waals surface area contributed by atoms with Gasteiger partial charge in [0, 0.05) is 31.3 Å². The van der Waals surface area contributed by atoms with Crippen LogP contribution in [-0.2, 0) is 11.3 Å². The first kappa shape index (κ1) is 20.0. The Kier molecular flexibility index (Phi) is 4.90. The molecule has 33 heavy (non-hydrogen) atoms. The van der Waals surface area contributed by atoms with Gasteiger partial charge in [-0.2, -0.15) is 0 Å². The van der Waals surface area contributed by atoms with Gasteiger partial charge in [-0.3, -0.25) is 9.36 Å². The molecule has 5 heteroatoms. The Hall–Kier alpha value is -3.60. The van der Waals surface area contributed by atoms with Gasteiger partial charge in [-0.15, -0.1) is 0 Å². The van der Waals surface area contributed by atoms with E-state index in [-0.39, 0.29) is 11.7 Å². The molecule has 1 atom stereocenters. The standard InChI is InChI=1S/C28H26N2O3/c31-26(14-7-15-30-24-12-5-6-13-25(24)33-28(30)32)29-17-18-16-23-19-8-1-3-10-21(19)27(18)22-11-4-2-9-20(22)23/h1-6,8-13,18,23,27H,7,14-17H2,(H,29,31). The smallest absolute Gasteiger partial charge is 0.408 e. The lowest BCUT2D eigenvalue weighted by atomic mass is 9.59. The van der Waals surface area contributed by atoms with Gasteiger partial charge in [-0.05, 0) is 53.1 Å². The summed E-state index contributed by atoms with van der Waals surface area (Å²) in [5, 5.41) is 3.18. The lowest BCUT2D eigenvalue weighted by molar-refractivity contribution is -0.121. The summed E-state index contributed by atoms with van der Waals surface area (Å²) in [6, 6.07) is 24.9. The van der Waals surface area contributed by atoms with Crippen molar-refractivity contribution in [3.63, 3.8) is 0 Å². The van der Waals surface area contributed by atoms with Crippen molar-refractivity contribution in [1.29, 1.82) is 0 Å². The van der Waals surface area contributed by atoms with Crippen LogP contribution in [-0.4, -0.2) is 17.0 Å². The van der Waals surface area contributed by atoms with Crippen molar-refractivity contribution in [3.8, 4) is 0 Å². The van der Waals surface area contributed by atoms with E-state index in [1.807, 2.05) is 18.2 Å². The number of rotatable bonds is 6. The first-order valence-electron chi connectivity index (χ1n) is 11.7. The molecule has 1 N–H and O–H groups in total. The quantitative estimate of drug-likeness (QED) is 0.471. The Bertz CT molecular complexity index is 1350. The lowest BCUT2D eigenvalue weighted by Crippen LogP contribution is -2.39. The van der Waals surface area contributed by atoms with E-state index in [0.29, 0.717) is 49.3 Å². The van der Waals surface area contributed by atoms with E-state index in [0.717, 1.165) is 11.9 Å². The van der Waals surface area contributed by atoms with Gasteiger partial charge in [0.15, 0.2) is 5.58 Å². The third-order valence-electron chi connectivity index (χ3n) is 7.34. The van der Waals surface area contributed by atoms with E-state index in [1.165, 1.54) is 22.3 Å². The monoisotopic (exact) mass is 438 g/mol. The molecule has 0 saturated carbocycles. The van der Waals surface area contributed by atoms with Gasteiger partial charge in [0.1, 0.15) is 0 Å². The molecule has 0 radical (unpaired) electrons. The van der Waals surface area contributed by atoms with E-state index >= 15 is 0 Å². The first-order chi connectivity index (χ1) is 16.2. The summed E-state index contributed by atoms with van der Waals surface area (Å²) in [6.45, 7) is 1.15. The minimum Gasteiger partial charge on any atom is -0.408 e. The third kappa shape index (κ3) is 3.39. The van der Waals surface area contributed by atoms with Crippen LogP contribution < -0.4 is 11.1 Å². The van der Waals surface area contributed by atoms with Crippen LogP contribution in [0.3, 0.4) is 0 Å². The Morgan fingerprint density at radius 3 is 2.27 bits per heavy atom. The summed E-state index contributed by atoms with van der Waals surface area (Å²) in [4.78, 5) is 24.8. The Labute approximate surface area is 192 Å². The number of fused-ring (bicyclic) bond motifs is 2. The molecule has 2 bridgehead atoms. The van der Waals surface area contributed by atoms with Crippen molar-refractivity contribution in [1.82, 2.24) is 9.88 Å². The van der Waals surface area contributed by atoms with E-state index in [9.17, 15) is 9.59 Å². The number of carbonyl (C=O) groups excluding carboxylic acids is 1. The molecule has 1 unspecified atom stereocenters. The number of aryl methyl sites for hydroxylation is 1. The Morgan fingerprint density at radius 1 is 0.909 bits per heavy atom. The second-order valence-electron chi connectivity index (χ2n) is 9.18. The molecular weight excluding hydrogens is 412 g/mol. The van der Waals surface area contributed by atoms with Gasteiger partial charge in [0.05, 0.1) is 5.52 Å². The van der Waals surface area contributed by atoms with Gasteiger partial charge in [0.2, 0.25) is 5.91 Å². The zero-order chi connectivity index (χ0) is 22.4. The zero-order valence-corrected chi connectivity index (χ0v) is 18.4. The molecule has 1 amide bonds. The van der Waals surface area contributed by atoms with E-state index in [4.69, 9.17) is 4.42 Å². The third-order valence-corrected chi connectivity index (χ3v) is 7.34. The summed E-state index contributed by atoms with van der Waals surface area (Å²) in [5.74, 6) is 0.805. The van der Waals surface area contributed by atoms with Crippen LogP contribution in [0.25, 0.3) is 11.1 Å². The lowest BCUT2D eigenvalue weighted by Gasteiger charge is -2.45. The highest BCUT2D eigenvalue weighted by Crippen LogP contribution is 2.55. The number of oxazole rings is 1. The molecule has 5 nitrogen and oxygen atoms in total. The number of carbonyl (C=O) groups is 1. The van der Waals surface area contributed by atoms with Crippen LogP contribution >= 0.6 is 0 Å². The molecule has 0 spiro atoms. The second kappa shape index (κ2) is 8.07. The number of nitrogens with zero attached hydrogens (tertiary/aromatic N) is 1. The van der Waals surface area contributed by atoms with Gasteiger partial charge in [0.25, 0.3) is 0 Å². The van der Waals surface area contributed by atoms with Crippen molar-refractivity contribution >= 4 is 17.0 Å². The Balaban J connectivity index is 1.11. The molecule has 0 saturated heterocycles. The number of nitrogens with one attached hydrogen (secondary N) is 1. The number of amides is 1. The fourth-order valence-corrected chi connectivity index (χ4v) is 5.92. The topological polar surface area (TPSA) is 64.2 Å². The van der Waals surface area contributed by atoms with Crippen LogP contribution in [0, 0.1) is 5.92 Å². The SMILES string of the molecule is O=C(CCCn1c(=O)oc2ccccc21)NCC1CC2c3ccccc3C1c1ccccc12. The number of hydrogen-bond acceptors (Lipinski definition) is 3. The summed E-state index contributed by atoms with van der Waals surface area (Å²) < 4.78 is 6.88. The van der Waals surface area contributed by atoms with E-state index < -0.39 is 0 Å². The molecule has 4 aromatic rings. The average molecular weight is 439 g/mol. The van der Waals surface area contributed by atoms with Crippen LogP contribution in [0.4, 0.5) is 0 Å². The van der Waals surface area contributed by atoms with E-state index in [2.05, 4.69) is 53.8 Å². The van der Waals surface area contributed by atoms with Crippen LogP contribution in [0.15, 0.2) is 82.0 Å². The summed E-state index contributed by atoms with van der Waals surface area (Å²) in [6.07, 6.45) is 2.05. The minimum absolute atomic E-state index is 0.0406.